The van der Waals surface area contributed by atoms with Crippen molar-refractivity contribution in [3.8, 4) is 0 Å². The number of hydrogen-bond donors (Lipinski definition) is 1. The zero-order chi connectivity index (χ0) is 10.1. The van der Waals surface area contributed by atoms with Gasteiger partial charge in [0.15, 0.2) is 5.13 Å². The Balaban J connectivity index is 2.45. The van der Waals surface area contributed by atoms with Crippen molar-refractivity contribution in [1.29, 1.82) is 0 Å². The first-order valence-corrected chi connectivity index (χ1v) is 5.26. The lowest BCUT2D eigenvalue weighted by atomic mass is 10.1. The van der Waals surface area contributed by atoms with Gasteiger partial charge in [-0.1, -0.05) is 29.6 Å². The summed E-state index contributed by atoms with van der Waals surface area (Å²) in [6.07, 6.45) is 0.924. The molecule has 2 aromatic rings. The zero-order valence-electron chi connectivity index (χ0n) is 8.08. The molecule has 0 aliphatic heterocycles. The molecule has 0 atom stereocenters. The van der Waals surface area contributed by atoms with Crippen LogP contribution in [-0.4, -0.2) is 4.98 Å². The molecule has 72 valence electrons. The van der Waals surface area contributed by atoms with E-state index in [-0.39, 0.29) is 0 Å². The van der Waals surface area contributed by atoms with Crippen molar-refractivity contribution in [2.75, 3.05) is 5.73 Å². The summed E-state index contributed by atoms with van der Waals surface area (Å²) in [6, 6.07) is 6.23. The lowest BCUT2D eigenvalue weighted by Gasteiger charge is -1.99. The monoisotopic (exact) mass is 204 g/mol. The van der Waals surface area contributed by atoms with Crippen LogP contribution >= 0.6 is 11.3 Å². The highest BCUT2D eigenvalue weighted by atomic mass is 32.1. The highest BCUT2D eigenvalue weighted by molar-refractivity contribution is 7.22. The molecule has 0 fully saturated rings. The van der Waals surface area contributed by atoms with Crippen molar-refractivity contribution in [3.05, 3.63) is 35.9 Å². The molecule has 1 aromatic carbocycles. The topological polar surface area (TPSA) is 38.9 Å². The van der Waals surface area contributed by atoms with Gasteiger partial charge in [-0.15, -0.1) is 0 Å². The number of aromatic nitrogens is 1. The predicted octanol–water partition coefficient (Wildman–Crippen LogP) is 3.00. The van der Waals surface area contributed by atoms with Crippen LogP contribution in [0.5, 0.6) is 0 Å². The van der Waals surface area contributed by atoms with Gasteiger partial charge in [-0.2, -0.15) is 0 Å². The lowest BCUT2D eigenvalue weighted by Crippen LogP contribution is -1.84. The molecule has 2 rings (SSSR count). The van der Waals surface area contributed by atoms with E-state index in [9.17, 15) is 0 Å². The van der Waals surface area contributed by atoms with E-state index in [1.807, 2.05) is 13.0 Å². The van der Waals surface area contributed by atoms with Crippen molar-refractivity contribution in [2.45, 2.75) is 13.3 Å². The number of rotatable bonds is 2. The van der Waals surface area contributed by atoms with E-state index in [1.54, 1.807) is 0 Å². The molecule has 3 heteroatoms. The second-order valence-corrected chi connectivity index (χ2v) is 4.55. The maximum atomic E-state index is 5.63. The predicted molar refractivity (Wildman–Crippen MR) is 62.6 cm³/mol. The van der Waals surface area contributed by atoms with Gasteiger partial charge >= 0.3 is 0 Å². The van der Waals surface area contributed by atoms with Crippen LogP contribution in [0.2, 0.25) is 0 Å². The van der Waals surface area contributed by atoms with Crippen molar-refractivity contribution >= 4 is 26.7 Å². The first kappa shape index (κ1) is 9.21. The first-order valence-electron chi connectivity index (χ1n) is 4.44. The quantitative estimate of drug-likeness (QED) is 0.764. The molecule has 0 aliphatic rings. The summed E-state index contributed by atoms with van der Waals surface area (Å²) >= 11 is 1.53. The lowest BCUT2D eigenvalue weighted by molar-refractivity contribution is 1.16. The Hall–Kier alpha value is -1.35. The second-order valence-electron chi connectivity index (χ2n) is 3.49. The third kappa shape index (κ3) is 1.77. The van der Waals surface area contributed by atoms with Crippen LogP contribution in [0.25, 0.3) is 10.2 Å². The maximum Gasteiger partial charge on any atom is 0.181 e. The molecule has 0 amide bonds. The average Bonchev–Trinajstić information content (AvgIpc) is 2.42. The first-order chi connectivity index (χ1) is 6.65. The molecule has 1 aromatic heterocycles. The van der Waals surface area contributed by atoms with Crippen LogP contribution in [0, 0.1) is 0 Å². The molecule has 0 radical (unpaired) electrons. The van der Waals surface area contributed by atoms with Gasteiger partial charge in [0, 0.05) is 0 Å². The molecule has 2 N–H and O–H groups in total. The van der Waals surface area contributed by atoms with Gasteiger partial charge in [0.2, 0.25) is 0 Å². The van der Waals surface area contributed by atoms with Gasteiger partial charge in [0.05, 0.1) is 10.2 Å². The van der Waals surface area contributed by atoms with E-state index in [0.717, 1.165) is 16.6 Å². The molecule has 0 aliphatic carbocycles. The summed E-state index contributed by atoms with van der Waals surface area (Å²) in [4.78, 5) is 4.21. The van der Waals surface area contributed by atoms with Gasteiger partial charge in [-0.3, -0.25) is 0 Å². The van der Waals surface area contributed by atoms with E-state index in [1.165, 1.54) is 22.5 Å². The molecular formula is C11H12N2S. The Morgan fingerprint density at radius 1 is 1.57 bits per heavy atom. The number of anilines is 1. The Morgan fingerprint density at radius 2 is 2.36 bits per heavy atom. The Labute approximate surface area is 87.1 Å². The molecule has 0 unspecified atom stereocenters. The van der Waals surface area contributed by atoms with E-state index < -0.39 is 0 Å². The van der Waals surface area contributed by atoms with Crippen molar-refractivity contribution < 1.29 is 0 Å². The normalized spacial score (nSPS) is 10.6. The molecule has 1 heterocycles. The Bertz CT molecular complexity index is 485. The highest BCUT2D eigenvalue weighted by Gasteiger charge is 2.01. The fourth-order valence-electron chi connectivity index (χ4n) is 1.45. The largest absolute Gasteiger partial charge is 0.375 e. The molecule has 0 spiro atoms. The fourth-order valence-corrected chi connectivity index (χ4v) is 2.24. The fraction of sp³-hybridized carbons (Fsp3) is 0.182. The smallest absolute Gasteiger partial charge is 0.181 e. The second kappa shape index (κ2) is 3.42. The highest BCUT2D eigenvalue weighted by Crippen LogP contribution is 2.25. The van der Waals surface area contributed by atoms with Gasteiger partial charge in [0.25, 0.3) is 0 Å². The number of benzene rings is 1. The number of fused-ring (bicyclic) bond motifs is 1. The van der Waals surface area contributed by atoms with Crippen molar-refractivity contribution in [3.63, 3.8) is 0 Å². The zero-order valence-corrected chi connectivity index (χ0v) is 8.90. The molecule has 0 saturated carbocycles. The van der Waals surface area contributed by atoms with Gasteiger partial charge in [-0.25, -0.2) is 4.98 Å². The number of allylic oxidation sites excluding steroid dienone is 1. The minimum Gasteiger partial charge on any atom is -0.375 e. The SMILES string of the molecule is C=C(C)Cc1ccc2nc(N)sc2c1. The number of thiazole rings is 1. The van der Waals surface area contributed by atoms with Crippen LogP contribution in [0.15, 0.2) is 30.4 Å². The molecule has 0 bridgehead atoms. The average molecular weight is 204 g/mol. The van der Waals surface area contributed by atoms with Crippen molar-refractivity contribution in [2.24, 2.45) is 0 Å². The van der Waals surface area contributed by atoms with E-state index in [2.05, 4.69) is 23.7 Å². The third-order valence-electron chi connectivity index (χ3n) is 1.98. The Kier molecular flexibility index (Phi) is 2.25. The minimum absolute atomic E-state index is 0.632. The van der Waals surface area contributed by atoms with Crippen LogP contribution < -0.4 is 5.73 Å². The van der Waals surface area contributed by atoms with Crippen LogP contribution in [-0.2, 0) is 6.42 Å². The number of nitrogens with zero attached hydrogens (tertiary/aromatic N) is 1. The van der Waals surface area contributed by atoms with Crippen LogP contribution in [0.4, 0.5) is 5.13 Å². The Morgan fingerprint density at radius 3 is 3.07 bits per heavy atom. The summed E-state index contributed by atoms with van der Waals surface area (Å²) in [6.45, 7) is 5.93. The van der Waals surface area contributed by atoms with E-state index in [4.69, 9.17) is 5.73 Å². The van der Waals surface area contributed by atoms with E-state index in [0.29, 0.717) is 5.13 Å². The standard InChI is InChI=1S/C11H12N2S/c1-7(2)5-8-3-4-9-10(6-8)14-11(12)13-9/h3-4,6H,1,5H2,2H3,(H2,12,13). The molecule has 2 nitrogen and oxygen atoms in total. The summed E-state index contributed by atoms with van der Waals surface area (Å²) < 4.78 is 1.15. The number of nitrogens with two attached hydrogens (primary N) is 1. The maximum absolute atomic E-state index is 5.63. The summed E-state index contributed by atoms with van der Waals surface area (Å²) in [5.74, 6) is 0. The van der Waals surface area contributed by atoms with Gasteiger partial charge in [0.1, 0.15) is 0 Å². The molecule has 0 saturated heterocycles. The van der Waals surface area contributed by atoms with Gasteiger partial charge < -0.3 is 5.73 Å². The van der Waals surface area contributed by atoms with Gasteiger partial charge in [-0.05, 0) is 31.0 Å². The van der Waals surface area contributed by atoms with Crippen LogP contribution in [0.3, 0.4) is 0 Å². The summed E-state index contributed by atoms with van der Waals surface area (Å²) in [5.41, 5.74) is 9.06. The number of hydrogen-bond acceptors (Lipinski definition) is 3. The summed E-state index contributed by atoms with van der Waals surface area (Å²) in [7, 11) is 0. The summed E-state index contributed by atoms with van der Waals surface area (Å²) in [5, 5.41) is 0.632. The third-order valence-corrected chi connectivity index (χ3v) is 2.82. The van der Waals surface area contributed by atoms with Crippen LogP contribution in [0.1, 0.15) is 12.5 Å². The molecular weight excluding hydrogens is 192 g/mol. The van der Waals surface area contributed by atoms with Crippen molar-refractivity contribution in [1.82, 2.24) is 4.98 Å². The molecule has 14 heavy (non-hydrogen) atoms. The number of nitrogen functional groups attached to an aromatic ring is 1. The van der Waals surface area contributed by atoms with E-state index >= 15 is 0 Å². The minimum atomic E-state index is 0.632.